The van der Waals surface area contributed by atoms with Gasteiger partial charge in [-0.2, -0.15) is 0 Å². The Bertz CT molecular complexity index is 632. The maximum absolute atomic E-state index is 12.6. The fourth-order valence-corrected chi connectivity index (χ4v) is 3.94. The summed E-state index contributed by atoms with van der Waals surface area (Å²) in [7, 11) is 0. The van der Waals surface area contributed by atoms with Crippen LogP contribution in [-0.2, 0) is 4.74 Å². The number of ether oxygens (including phenoxy) is 1. The number of nitrogens with two attached hydrogens (primary N) is 1. The number of aryl methyl sites for hydroxylation is 1. The molecule has 1 spiro atoms. The summed E-state index contributed by atoms with van der Waals surface area (Å²) in [5.41, 5.74) is 7.61. The molecular weight excluding hydrogens is 278 g/mol. The molecule has 1 amide bonds. The number of fused-ring (bicyclic) bond motifs is 2. The number of carbonyl (C=O) groups is 1. The van der Waals surface area contributed by atoms with Crippen molar-refractivity contribution in [1.29, 1.82) is 0 Å². The third-order valence-corrected chi connectivity index (χ3v) is 5.15. The lowest BCUT2D eigenvalue weighted by atomic mass is 9.74. The van der Waals surface area contributed by atoms with Crippen LogP contribution in [0.3, 0.4) is 0 Å². The fraction of sp³-hybridized carbons (Fsp3) is 0.471. The van der Waals surface area contributed by atoms with Gasteiger partial charge < -0.3 is 10.5 Å². The quantitative estimate of drug-likeness (QED) is 0.864. The van der Waals surface area contributed by atoms with Crippen LogP contribution in [0.2, 0.25) is 0 Å². The molecule has 5 nitrogen and oxygen atoms in total. The van der Waals surface area contributed by atoms with Gasteiger partial charge in [0, 0.05) is 18.5 Å². The minimum Gasteiger partial charge on any atom is -0.436 e. The van der Waals surface area contributed by atoms with E-state index >= 15 is 0 Å². The number of piperidine rings is 3. The van der Waals surface area contributed by atoms with E-state index in [9.17, 15) is 4.79 Å². The molecule has 22 heavy (non-hydrogen) atoms. The predicted molar refractivity (Wildman–Crippen MR) is 84.3 cm³/mol. The summed E-state index contributed by atoms with van der Waals surface area (Å²) in [6, 6.07) is 7.72. The molecule has 5 rings (SSSR count). The second kappa shape index (κ2) is 4.74. The van der Waals surface area contributed by atoms with Crippen molar-refractivity contribution in [3.63, 3.8) is 0 Å². The third-order valence-electron chi connectivity index (χ3n) is 5.15. The topological polar surface area (TPSA) is 58.8 Å². The van der Waals surface area contributed by atoms with Gasteiger partial charge in [-0.15, -0.1) is 0 Å². The highest BCUT2D eigenvalue weighted by Gasteiger charge is 2.51. The van der Waals surface area contributed by atoms with Gasteiger partial charge in [0.1, 0.15) is 5.82 Å². The molecule has 5 heteroatoms. The van der Waals surface area contributed by atoms with E-state index in [0.717, 1.165) is 43.7 Å². The molecule has 116 valence electrons. The first kappa shape index (κ1) is 13.6. The van der Waals surface area contributed by atoms with Gasteiger partial charge >= 0.3 is 6.09 Å². The summed E-state index contributed by atoms with van der Waals surface area (Å²) >= 11 is 0. The first-order chi connectivity index (χ1) is 10.6. The fourth-order valence-electron chi connectivity index (χ4n) is 3.94. The van der Waals surface area contributed by atoms with Crippen LogP contribution >= 0.6 is 0 Å². The molecule has 2 bridgehead atoms. The van der Waals surface area contributed by atoms with Gasteiger partial charge in [-0.05, 0) is 45.0 Å². The number of anilines is 1. The maximum Gasteiger partial charge on any atom is 0.421 e. The van der Waals surface area contributed by atoms with Crippen LogP contribution in [0.15, 0.2) is 36.2 Å². The molecule has 4 aliphatic heterocycles. The molecule has 4 aliphatic rings. The monoisotopic (exact) mass is 299 g/mol. The number of benzene rings is 1. The minimum absolute atomic E-state index is 0.363. The van der Waals surface area contributed by atoms with Crippen LogP contribution in [0, 0.1) is 12.8 Å². The number of hydrogen-bond acceptors (Lipinski definition) is 4. The smallest absolute Gasteiger partial charge is 0.421 e. The van der Waals surface area contributed by atoms with E-state index < -0.39 is 5.60 Å². The predicted octanol–water partition coefficient (Wildman–Crippen LogP) is 2.22. The van der Waals surface area contributed by atoms with Crippen molar-refractivity contribution in [3.05, 3.63) is 41.7 Å². The molecule has 1 atom stereocenters. The number of carbonyl (C=O) groups excluding carboxylic acids is 1. The Kier molecular flexibility index (Phi) is 2.94. The van der Waals surface area contributed by atoms with Crippen molar-refractivity contribution >= 4 is 11.8 Å². The van der Waals surface area contributed by atoms with Crippen molar-refractivity contribution in [3.8, 4) is 0 Å². The molecule has 4 heterocycles. The van der Waals surface area contributed by atoms with Crippen LogP contribution in [0.4, 0.5) is 10.5 Å². The van der Waals surface area contributed by atoms with E-state index in [2.05, 4.69) is 4.90 Å². The normalized spacial score (nSPS) is 33.8. The first-order valence-corrected chi connectivity index (χ1v) is 7.88. The Morgan fingerprint density at radius 1 is 1.23 bits per heavy atom. The minimum atomic E-state index is -0.529. The lowest BCUT2D eigenvalue weighted by Gasteiger charge is -2.52. The van der Waals surface area contributed by atoms with E-state index in [-0.39, 0.29) is 6.09 Å². The van der Waals surface area contributed by atoms with Crippen LogP contribution in [0.5, 0.6) is 0 Å². The second-order valence-corrected chi connectivity index (χ2v) is 6.61. The van der Waals surface area contributed by atoms with Gasteiger partial charge in [0.2, 0.25) is 0 Å². The molecule has 1 unspecified atom stereocenters. The Hall–Kier alpha value is -2.01. The highest BCUT2D eigenvalue weighted by atomic mass is 16.6. The standard InChI is InChI=1S/C17H21N3O2/c1-12-2-4-14(5-3-12)20-15(18)10-17(22-16(20)21)11-19-8-6-13(17)7-9-19/h2-5,10,13H,6-9,11,18H2,1H3. The summed E-state index contributed by atoms with van der Waals surface area (Å²) in [4.78, 5) is 16.4. The highest BCUT2D eigenvalue weighted by molar-refractivity contribution is 5.92. The Labute approximate surface area is 130 Å². The van der Waals surface area contributed by atoms with Crippen molar-refractivity contribution in [2.45, 2.75) is 25.4 Å². The lowest BCUT2D eigenvalue weighted by molar-refractivity contribution is -0.0860. The molecule has 0 saturated carbocycles. The van der Waals surface area contributed by atoms with E-state index in [1.807, 2.05) is 37.3 Å². The van der Waals surface area contributed by atoms with Gasteiger partial charge in [0.05, 0.1) is 5.69 Å². The van der Waals surface area contributed by atoms with E-state index in [4.69, 9.17) is 10.5 Å². The van der Waals surface area contributed by atoms with Gasteiger partial charge in [-0.1, -0.05) is 17.7 Å². The average molecular weight is 299 g/mol. The van der Waals surface area contributed by atoms with Crippen molar-refractivity contribution in [1.82, 2.24) is 4.90 Å². The van der Waals surface area contributed by atoms with Crippen molar-refractivity contribution in [2.24, 2.45) is 11.7 Å². The maximum atomic E-state index is 12.6. The molecule has 0 radical (unpaired) electrons. The number of nitrogens with zero attached hydrogens (tertiary/aromatic N) is 2. The Balaban J connectivity index is 1.69. The number of amides is 1. The first-order valence-electron chi connectivity index (χ1n) is 7.88. The Morgan fingerprint density at radius 3 is 2.45 bits per heavy atom. The van der Waals surface area contributed by atoms with Crippen LogP contribution in [0.25, 0.3) is 0 Å². The molecule has 1 aromatic rings. The van der Waals surface area contributed by atoms with Crippen LogP contribution in [-0.4, -0.2) is 36.2 Å². The zero-order valence-corrected chi connectivity index (χ0v) is 12.8. The highest BCUT2D eigenvalue weighted by Crippen LogP contribution is 2.42. The van der Waals surface area contributed by atoms with Gasteiger partial charge in [0.25, 0.3) is 0 Å². The van der Waals surface area contributed by atoms with Gasteiger partial charge in [0.15, 0.2) is 5.60 Å². The van der Waals surface area contributed by atoms with E-state index in [0.29, 0.717) is 11.7 Å². The molecule has 3 saturated heterocycles. The molecule has 2 N–H and O–H groups in total. The number of hydrogen-bond donors (Lipinski definition) is 1. The zero-order chi connectivity index (χ0) is 15.3. The SMILES string of the molecule is Cc1ccc(N2C(=O)OC3(C=C2N)CN2CCC3CC2)cc1. The summed E-state index contributed by atoms with van der Waals surface area (Å²) < 4.78 is 5.91. The van der Waals surface area contributed by atoms with Crippen LogP contribution in [0.1, 0.15) is 18.4 Å². The summed E-state index contributed by atoms with van der Waals surface area (Å²) in [5.74, 6) is 0.869. The lowest BCUT2D eigenvalue weighted by Crippen LogP contribution is -2.63. The second-order valence-electron chi connectivity index (χ2n) is 6.61. The third kappa shape index (κ3) is 2.00. The van der Waals surface area contributed by atoms with Gasteiger partial charge in [-0.3, -0.25) is 4.90 Å². The molecule has 0 aliphatic carbocycles. The van der Waals surface area contributed by atoms with Crippen LogP contribution < -0.4 is 10.6 Å². The largest absolute Gasteiger partial charge is 0.436 e. The molecule has 1 aromatic carbocycles. The summed E-state index contributed by atoms with van der Waals surface area (Å²) in [6.45, 7) is 4.98. The van der Waals surface area contributed by atoms with Crippen molar-refractivity contribution in [2.75, 3.05) is 24.5 Å². The Morgan fingerprint density at radius 2 is 1.91 bits per heavy atom. The molecule has 0 aromatic heterocycles. The number of rotatable bonds is 1. The molecular formula is C17H21N3O2. The van der Waals surface area contributed by atoms with Gasteiger partial charge in [-0.25, -0.2) is 9.69 Å². The van der Waals surface area contributed by atoms with Crippen molar-refractivity contribution < 1.29 is 9.53 Å². The summed E-state index contributed by atoms with van der Waals surface area (Å²) in [6.07, 6.45) is 3.74. The molecule has 3 fully saturated rings. The zero-order valence-electron chi connectivity index (χ0n) is 12.8. The van der Waals surface area contributed by atoms with E-state index in [1.54, 1.807) is 0 Å². The summed E-state index contributed by atoms with van der Waals surface area (Å²) in [5, 5.41) is 0. The van der Waals surface area contributed by atoms with E-state index in [1.165, 1.54) is 4.90 Å². The average Bonchev–Trinajstić information content (AvgIpc) is 2.49.